The van der Waals surface area contributed by atoms with Crippen molar-refractivity contribution in [1.29, 1.82) is 0 Å². The van der Waals surface area contributed by atoms with Crippen LogP contribution in [0.1, 0.15) is 5.56 Å². The van der Waals surface area contributed by atoms with Gasteiger partial charge < -0.3 is 0 Å². The third-order valence-electron chi connectivity index (χ3n) is 2.33. The van der Waals surface area contributed by atoms with E-state index in [2.05, 4.69) is 16.0 Å². The fraction of sp³-hybridized carbons (Fsp3) is 0.500. The van der Waals surface area contributed by atoms with Crippen molar-refractivity contribution in [2.75, 3.05) is 24.6 Å². The Hall–Kier alpha value is -0.250. The summed E-state index contributed by atoms with van der Waals surface area (Å²) in [5.74, 6) is 2.47. The number of hydrogen-bond donors (Lipinski definition) is 0. The van der Waals surface area contributed by atoms with E-state index in [4.69, 9.17) is 11.6 Å². The third-order valence-corrected chi connectivity index (χ3v) is 3.62. The maximum Gasteiger partial charge on any atom is 0.133 e. The molecular weight excluding hydrogens is 216 g/mol. The van der Waals surface area contributed by atoms with Gasteiger partial charge in [-0.05, 0) is 6.07 Å². The zero-order valence-corrected chi connectivity index (χ0v) is 9.52. The van der Waals surface area contributed by atoms with Crippen molar-refractivity contribution >= 4 is 23.4 Å². The summed E-state index contributed by atoms with van der Waals surface area (Å²) in [5, 5.41) is 0.644. The Kier molecular flexibility index (Phi) is 3.67. The van der Waals surface area contributed by atoms with Gasteiger partial charge in [0.05, 0.1) is 0 Å². The maximum atomic E-state index is 6.00. The Bertz CT molecular complexity index is 300. The van der Waals surface area contributed by atoms with Crippen LogP contribution in [0.3, 0.4) is 0 Å². The molecule has 76 valence electrons. The molecule has 0 bridgehead atoms. The lowest BCUT2D eigenvalue weighted by molar-refractivity contribution is 0.294. The van der Waals surface area contributed by atoms with Crippen LogP contribution in [0.5, 0.6) is 0 Å². The molecule has 0 saturated carbocycles. The predicted octanol–water partition coefficient (Wildman–Crippen LogP) is 2.28. The number of nitrogens with zero attached hydrogens (tertiary/aromatic N) is 2. The monoisotopic (exact) mass is 228 g/mol. The minimum Gasteiger partial charge on any atom is -0.297 e. The minimum absolute atomic E-state index is 0.644. The number of rotatable bonds is 2. The van der Waals surface area contributed by atoms with E-state index in [9.17, 15) is 0 Å². The van der Waals surface area contributed by atoms with Gasteiger partial charge in [0.15, 0.2) is 0 Å². The van der Waals surface area contributed by atoms with Crippen molar-refractivity contribution in [3.05, 3.63) is 29.0 Å². The summed E-state index contributed by atoms with van der Waals surface area (Å²) in [6.45, 7) is 3.26. The molecule has 2 nitrogen and oxygen atoms in total. The normalized spacial score (nSPS) is 18.4. The first-order valence-corrected chi connectivity index (χ1v) is 6.29. The Balaban J connectivity index is 1.99. The van der Waals surface area contributed by atoms with Crippen LogP contribution in [-0.2, 0) is 6.54 Å². The fourth-order valence-electron chi connectivity index (χ4n) is 1.54. The first kappa shape index (κ1) is 10.3. The van der Waals surface area contributed by atoms with E-state index in [0.29, 0.717) is 5.15 Å². The minimum atomic E-state index is 0.644. The van der Waals surface area contributed by atoms with E-state index in [-0.39, 0.29) is 0 Å². The molecule has 0 atom stereocenters. The van der Waals surface area contributed by atoms with Crippen molar-refractivity contribution in [3.8, 4) is 0 Å². The molecule has 2 rings (SSSR count). The zero-order chi connectivity index (χ0) is 9.80. The molecule has 2 heterocycles. The van der Waals surface area contributed by atoms with Crippen LogP contribution in [0.15, 0.2) is 18.3 Å². The lowest BCUT2D eigenvalue weighted by Crippen LogP contribution is -2.32. The fourth-order valence-corrected chi connectivity index (χ4v) is 2.70. The first-order valence-electron chi connectivity index (χ1n) is 4.76. The third kappa shape index (κ3) is 2.62. The predicted molar refractivity (Wildman–Crippen MR) is 61.8 cm³/mol. The molecule has 1 aliphatic heterocycles. The van der Waals surface area contributed by atoms with Crippen molar-refractivity contribution in [1.82, 2.24) is 9.88 Å². The van der Waals surface area contributed by atoms with Crippen molar-refractivity contribution in [2.45, 2.75) is 6.54 Å². The van der Waals surface area contributed by atoms with Gasteiger partial charge in [-0.3, -0.25) is 4.90 Å². The number of halogens is 1. The van der Waals surface area contributed by atoms with Gasteiger partial charge in [0.25, 0.3) is 0 Å². The average molecular weight is 229 g/mol. The molecule has 4 heteroatoms. The van der Waals surface area contributed by atoms with E-state index < -0.39 is 0 Å². The molecule has 0 spiro atoms. The summed E-state index contributed by atoms with van der Waals surface area (Å²) in [7, 11) is 0. The average Bonchev–Trinajstić information content (AvgIpc) is 2.23. The Morgan fingerprint density at radius 3 is 2.93 bits per heavy atom. The van der Waals surface area contributed by atoms with Gasteiger partial charge in [0.2, 0.25) is 0 Å². The van der Waals surface area contributed by atoms with E-state index in [1.165, 1.54) is 11.5 Å². The highest BCUT2D eigenvalue weighted by molar-refractivity contribution is 7.99. The van der Waals surface area contributed by atoms with Crippen LogP contribution in [0.2, 0.25) is 5.15 Å². The largest absolute Gasteiger partial charge is 0.297 e. The number of pyridine rings is 1. The highest BCUT2D eigenvalue weighted by Crippen LogP contribution is 2.17. The number of thioether (sulfide) groups is 1. The highest BCUT2D eigenvalue weighted by Gasteiger charge is 2.12. The van der Waals surface area contributed by atoms with Gasteiger partial charge in [0, 0.05) is 42.9 Å². The Morgan fingerprint density at radius 2 is 2.21 bits per heavy atom. The highest BCUT2D eigenvalue weighted by atomic mass is 35.5. The molecule has 1 fully saturated rings. The van der Waals surface area contributed by atoms with Crippen LogP contribution in [0, 0.1) is 0 Å². The van der Waals surface area contributed by atoms with Gasteiger partial charge in [-0.25, -0.2) is 4.98 Å². The standard InChI is InChI=1S/C10H13ClN2S/c11-10-9(2-1-3-12-10)8-13-4-6-14-7-5-13/h1-3H,4-8H2. The van der Waals surface area contributed by atoms with Crippen molar-refractivity contribution < 1.29 is 0 Å². The van der Waals surface area contributed by atoms with Crippen LogP contribution < -0.4 is 0 Å². The Morgan fingerprint density at radius 1 is 1.43 bits per heavy atom. The summed E-state index contributed by atoms with van der Waals surface area (Å²) >= 11 is 8.02. The summed E-state index contributed by atoms with van der Waals surface area (Å²) in [6.07, 6.45) is 1.73. The smallest absolute Gasteiger partial charge is 0.133 e. The van der Waals surface area contributed by atoms with E-state index in [1.807, 2.05) is 17.8 Å². The van der Waals surface area contributed by atoms with Crippen LogP contribution >= 0.6 is 23.4 Å². The second-order valence-electron chi connectivity index (χ2n) is 3.34. The van der Waals surface area contributed by atoms with Gasteiger partial charge in [-0.15, -0.1) is 0 Å². The SMILES string of the molecule is Clc1ncccc1CN1CCSCC1. The molecule has 0 aliphatic carbocycles. The summed E-state index contributed by atoms with van der Waals surface area (Å²) in [4.78, 5) is 6.51. The molecule has 1 saturated heterocycles. The molecule has 1 aromatic rings. The quantitative estimate of drug-likeness (QED) is 0.723. The van der Waals surface area contributed by atoms with Gasteiger partial charge in [0.1, 0.15) is 5.15 Å². The van der Waals surface area contributed by atoms with Gasteiger partial charge in [-0.2, -0.15) is 11.8 Å². The zero-order valence-electron chi connectivity index (χ0n) is 7.95. The van der Waals surface area contributed by atoms with Crippen LogP contribution in [0.4, 0.5) is 0 Å². The van der Waals surface area contributed by atoms with E-state index in [0.717, 1.165) is 25.2 Å². The molecular formula is C10H13ClN2S. The number of aromatic nitrogens is 1. The molecule has 0 amide bonds. The molecule has 1 aliphatic rings. The van der Waals surface area contributed by atoms with Gasteiger partial charge in [-0.1, -0.05) is 17.7 Å². The molecule has 0 unspecified atom stereocenters. The van der Waals surface area contributed by atoms with Gasteiger partial charge >= 0.3 is 0 Å². The van der Waals surface area contributed by atoms with Crippen LogP contribution in [0.25, 0.3) is 0 Å². The second-order valence-corrected chi connectivity index (χ2v) is 4.92. The molecule has 0 N–H and O–H groups in total. The maximum absolute atomic E-state index is 6.00. The summed E-state index contributed by atoms with van der Waals surface area (Å²) < 4.78 is 0. The van der Waals surface area contributed by atoms with E-state index >= 15 is 0 Å². The molecule has 1 aromatic heterocycles. The van der Waals surface area contributed by atoms with E-state index in [1.54, 1.807) is 6.20 Å². The molecule has 0 radical (unpaired) electrons. The van der Waals surface area contributed by atoms with Crippen molar-refractivity contribution in [3.63, 3.8) is 0 Å². The van der Waals surface area contributed by atoms with Crippen LogP contribution in [-0.4, -0.2) is 34.5 Å². The van der Waals surface area contributed by atoms with Crippen molar-refractivity contribution in [2.24, 2.45) is 0 Å². The molecule has 14 heavy (non-hydrogen) atoms. The second kappa shape index (κ2) is 5.01. The topological polar surface area (TPSA) is 16.1 Å². The summed E-state index contributed by atoms with van der Waals surface area (Å²) in [6, 6.07) is 4.00. The Labute approximate surface area is 93.7 Å². The first-order chi connectivity index (χ1) is 6.86. The lowest BCUT2D eigenvalue weighted by Gasteiger charge is -2.26. The molecule has 0 aromatic carbocycles. The lowest BCUT2D eigenvalue weighted by atomic mass is 10.2. The number of hydrogen-bond acceptors (Lipinski definition) is 3. The summed E-state index contributed by atoms with van der Waals surface area (Å²) in [5.41, 5.74) is 1.14.